The first-order chi connectivity index (χ1) is 23.3. The summed E-state index contributed by atoms with van der Waals surface area (Å²) in [5.74, 6) is 2.11. The second-order valence-corrected chi connectivity index (χ2v) is 14.7. The van der Waals surface area contributed by atoms with Gasteiger partial charge in [-0.1, -0.05) is 230 Å². The van der Waals surface area contributed by atoms with Gasteiger partial charge in [-0.25, -0.2) is 0 Å². The molecule has 0 radical (unpaired) electrons. The van der Waals surface area contributed by atoms with Crippen LogP contribution >= 0.6 is 0 Å². The Bertz CT molecular complexity index is 866. The molecule has 0 N–H and O–H groups in total. The molecule has 0 amide bonds. The van der Waals surface area contributed by atoms with Crippen LogP contribution in [0.5, 0.6) is 11.5 Å². The van der Waals surface area contributed by atoms with Gasteiger partial charge in [-0.05, 0) is 48.9 Å². The van der Waals surface area contributed by atoms with Gasteiger partial charge in [0.05, 0.1) is 0 Å². The van der Waals surface area contributed by atoms with E-state index < -0.39 is 0 Å². The van der Waals surface area contributed by atoms with Gasteiger partial charge in [0, 0.05) is 0 Å². The third kappa shape index (κ3) is 23.3. The lowest BCUT2D eigenvalue weighted by Gasteiger charge is -2.16. The maximum absolute atomic E-state index is 6.59. The Morgan fingerprint density at radius 1 is 0.319 bits per heavy atom. The van der Waals surface area contributed by atoms with Gasteiger partial charge >= 0.3 is 0 Å². The highest BCUT2D eigenvalue weighted by atomic mass is 16.5. The molecule has 2 rings (SSSR count). The fraction of sp³-hybridized carbons (Fsp3) is 0.739. The van der Waals surface area contributed by atoms with Gasteiger partial charge in [0.25, 0.3) is 0 Å². The van der Waals surface area contributed by atoms with Crippen LogP contribution in [0.2, 0.25) is 0 Å². The van der Waals surface area contributed by atoms with Crippen LogP contribution in [0.1, 0.15) is 218 Å². The van der Waals surface area contributed by atoms with E-state index in [-0.39, 0.29) is 0 Å². The number of ether oxygens (including phenoxy) is 1. The number of aryl methyl sites for hydroxylation is 2. The van der Waals surface area contributed by atoms with Crippen molar-refractivity contribution in [1.82, 2.24) is 0 Å². The Balaban J connectivity index is 1.59. The lowest BCUT2D eigenvalue weighted by molar-refractivity contribution is 0.465. The summed E-state index contributed by atoms with van der Waals surface area (Å²) >= 11 is 0. The lowest BCUT2D eigenvalue weighted by atomic mass is 9.98. The fourth-order valence-electron chi connectivity index (χ4n) is 7.14. The molecule has 0 unspecified atom stereocenters. The Morgan fingerprint density at radius 2 is 0.617 bits per heavy atom. The zero-order valence-electron chi connectivity index (χ0n) is 31.7. The van der Waals surface area contributed by atoms with E-state index in [1.165, 1.54) is 204 Å². The molecule has 0 aliphatic carbocycles. The highest BCUT2D eigenvalue weighted by molar-refractivity contribution is 5.44. The molecular formula is C46H78O. The standard InChI is InChI=1S/C46H78O/c1-3-5-7-9-11-13-15-17-19-21-23-25-27-29-32-37-43-39-36-40-44(46(43)47-45-41-34-31-35-42-45)38-33-30-28-26-24-22-20-18-16-14-12-10-8-6-4-2/h31,34-36,39-42H,3-30,32-33,37-38H2,1-2H3. The van der Waals surface area contributed by atoms with Crippen molar-refractivity contribution < 1.29 is 4.74 Å². The summed E-state index contributed by atoms with van der Waals surface area (Å²) in [4.78, 5) is 0. The van der Waals surface area contributed by atoms with Gasteiger partial charge in [-0.2, -0.15) is 0 Å². The molecule has 268 valence electrons. The summed E-state index contributed by atoms with van der Waals surface area (Å²) < 4.78 is 6.59. The third-order valence-corrected chi connectivity index (χ3v) is 10.2. The molecule has 2 aromatic carbocycles. The summed E-state index contributed by atoms with van der Waals surface area (Å²) in [6.45, 7) is 4.61. The SMILES string of the molecule is CCCCCCCCCCCCCCCCCc1cccc(CCCCCCCCCCCCCCCCC)c1Oc1ccccc1. The minimum absolute atomic E-state index is 0.967. The van der Waals surface area contributed by atoms with E-state index >= 15 is 0 Å². The van der Waals surface area contributed by atoms with Crippen LogP contribution in [-0.2, 0) is 12.8 Å². The summed E-state index contributed by atoms with van der Waals surface area (Å²) in [5, 5.41) is 0. The van der Waals surface area contributed by atoms with E-state index in [9.17, 15) is 0 Å². The van der Waals surface area contributed by atoms with Gasteiger partial charge in [-0.3, -0.25) is 0 Å². The van der Waals surface area contributed by atoms with Crippen LogP contribution in [0.4, 0.5) is 0 Å². The smallest absolute Gasteiger partial charge is 0.133 e. The highest BCUT2D eigenvalue weighted by Crippen LogP contribution is 2.32. The van der Waals surface area contributed by atoms with Gasteiger partial charge in [0.15, 0.2) is 0 Å². The minimum atomic E-state index is 0.967. The Kier molecular flexibility index (Phi) is 27.8. The van der Waals surface area contributed by atoms with Gasteiger partial charge in [0.2, 0.25) is 0 Å². The van der Waals surface area contributed by atoms with Crippen molar-refractivity contribution in [1.29, 1.82) is 0 Å². The van der Waals surface area contributed by atoms with Crippen LogP contribution < -0.4 is 4.74 Å². The first-order valence-corrected chi connectivity index (χ1v) is 21.2. The van der Waals surface area contributed by atoms with E-state index in [1.54, 1.807) is 0 Å². The second kappa shape index (κ2) is 31.5. The zero-order chi connectivity index (χ0) is 33.3. The maximum atomic E-state index is 6.59. The van der Waals surface area contributed by atoms with Crippen LogP contribution in [0.3, 0.4) is 0 Å². The summed E-state index contributed by atoms with van der Waals surface area (Å²) in [6.07, 6.45) is 44.7. The zero-order valence-corrected chi connectivity index (χ0v) is 31.7. The molecule has 0 saturated heterocycles. The Hall–Kier alpha value is -1.76. The summed E-state index contributed by atoms with van der Waals surface area (Å²) in [5.41, 5.74) is 2.81. The summed E-state index contributed by atoms with van der Waals surface area (Å²) in [7, 11) is 0. The van der Waals surface area contributed by atoms with Crippen molar-refractivity contribution in [2.45, 2.75) is 219 Å². The quantitative estimate of drug-likeness (QED) is 0.0687. The van der Waals surface area contributed by atoms with Crippen LogP contribution in [0.15, 0.2) is 48.5 Å². The van der Waals surface area contributed by atoms with E-state index in [0.29, 0.717) is 0 Å². The van der Waals surface area contributed by atoms with Crippen molar-refractivity contribution in [3.8, 4) is 11.5 Å². The number of para-hydroxylation sites is 2. The molecule has 0 heterocycles. The number of rotatable bonds is 34. The molecule has 0 aliphatic heterocycles. The van der Waals surface area contributed by atoms with Crippen LogP contribution in [0.25, 0.3) is 0 Å². The Morgan fingerprint density at radius 3 is 0.936 bits per heavy atom. The van der Waals surface area contributed by atoms with Crippen molar-refractivity contribution in [3.63, 3.8) is 0 Å². The molecular weight excluding hydrogens is 569 g/mol. The first kappa shape index (κ1) is 41.4. The second-order valence-electron chi connectivity index (χ2n) is 14.7. The molecule has 0 saturated carbocycles. The maximum Gasteiger partial charge on any atom is 0.133 e. The van der Waals surface area contributed by atoms with E-state index in [2.05, 4.69) is 62.4 Å². The molecule has 0 fully saturated rings. The Labute approximate surface area is 294 Å². The van der Waals surface area contributed by atoms with Gasteiger partial charge in [0.1, 0.15) is 11.5 Å². The monoisotopic (exact) mass is 647 g/mol. The molecule has 0 atom stereocenters. The molecule has 1 heteroatoms. The predicted molar refractivity (Wildman–Crippen MR) is 210 cm³/mol. The molecule has 47 heavy (non-hydrogen) atoms. The number of benzene rings is 2. The van der Waals surface area contributed by atoms with Crippen molar-refractivity contribution in [2.24, 2.45) is 0 Å². The normalized spacial score (nSPS) is 11.4. The molecule has 0 aromatic heterocycles. The predicted octanol–water partition coefficient (Wildman–Crippen LogP) is 16.3. The molecule has 0 spiro atoms. The van der Waals surface area contributed by atoms with Crippen molar-refractivity contribution in [2.75, 3.05) is 0 Å². The van der Waals surface area contributed by atoms with E-state index in [0.717, 1.165) is 24.3 Å². The number of hydrogen-bond acceptors (Lipinski definition) is 1. The van der Waals surface area contributed by atoms with Gasteiger partial charge < -0.3 is 4.74 Å². The van der Waals surface area contributed by atoms with Crippen LogP contribution in [-0.4, -0.2) is 0 Å². The number of unbranched alkanes of at least 4 members (excludes halogenated alkanes) is 28. The van der Waals surface area contributed by atoms with E-state index in [4.69, 9.17) is 4.74 Å². The van der Waals surface area contributed by atoms with Crippen molar-refractivity contribution in [3.05, 3.63) is 59.7 Å². The molecule has 0 bridgehead atoms. The third-order valence-electron chi connectivity index (χ3n) is 10.2. The lowest BCUT2D eigenvalue weighted by Crippen LogP contribution is -1.98. The van der Waals surface area contributed by atoms with Crippen LogP contribution in [0, 0.1) is 0 Å². The largest absolute Gasteiger partial charge is 0.457 e. The average molecular weight is 647 g/mol. The molecule has 0 aliphatic rings. The van der Waals surface area contributed by atoms with Crippen molar-refractivity contribution >= 4 is 0 Å². The summed E-state index contributed by atoms with van der Waals surface area (Å²) in [6, 6.07) is 17.4. The number of hydrogen-bond donors (Lipinski definition) is 0. The van der Waals surface area contributed by atoms with E-state index in [1.807, 2.05) is 0 Å². The molecule has 2 aromatic rings. The first-order valence-electron chi connectivity index (χ1n) is 21.2. The minimum Gasteiger partial charge on any atom is -0.457 e. The van der Waals surface area contributed by atoms with Gasteiger partial charge in [-0.15, -0.1) is 0 Å². The highest BCUT2D eigenvalue weighted by Gasteiger charge is 2.11. The fourth-order valence-corrected chi connectivity index (χ4v) is 7.14. The average Bonchev–Trinajstić information content (AvgIpc) is 3.09. The molecule has 1 nitrogen and oxygen atoms in total. The topological polar surface area (TPSA) is 9.23 Å².